The van der Waals surface area contributed by atoms with E-state index in [0.717, 1.165) is 41.3 Å². The Bertz CT molecular complexity index is 1060. The first kappa shape index (κ1) is 17.1. The van der Waals surface area contributed by atoms with Gasteiger partial charge in [-0.25, -0.2) is 9.97 Å². The second-order valence-electron chi connectivity index (χ2n) is 6.77. The van der Waals surface area contributed by atoms with Crippen LogP contribution in [-0.4, -0.2) is 34.3 Å². The van der Waals surface area contributed by atoms with Gasteiger partial charge in [0, 0.05) is 37.6 Å². The number of hydrogen-bond donors (Lipinski definition) is 1. The van der Waals surface area contributed by atoms with Crippen LogP contribution in [0.4, 0.5) is 11.6 Å². The van der Waals surface area contributed by atoms with Gasteiger partial charge >= 0.3 is 0 Å². The van der Waals surface area contributed by atoms with Crippen molar-refractivity contribution in [2.24, 2.45) is 13.0 Å². The molecule has 0 aliphatic rings. The van der Waals surface area contributed by atoms with Gasteiger partial charge in [-0.05, 0) is 24.1 Å². The molecule has 27 heavy (non-hydrogen) atoms. The number of rotatable bonds is 6. The summed E-state index contributed by atoms with van der Waals surface area (Å²) in [5.74, 6) is 2.10. The number of hydrogen-bond acceptors (Lipinski definition) is 6. The van der Waals surface area contributed by atoms with E-state index < -0.39 is 0 Å². The standard InChI is InChI=1S/C19H22N8/c1-4-13(2)9-17-24-25-18-10-14(6-8-27(17)18)16-5-7-20-19(23-16)22-15-11-21-26(3)12-15/h5-8,10-13H,4,9H2,1-3H3,(H,20,22,23). The average molecular weight is 362 g/mol. The van der Waals surface area contributed by atoms with E-state index in [9.17, 15) is 0 Å². The molecule has 0 amide bonds. The maximum Gasteiger partial charge on any atom is 0.227 e. The summed E-state index contributed by atoms with van der Waals surface area (Å²) in [5, 5.41) is 16.0. The molecule has 0 fully saturated rings. The molecule has 8 nitrogen and oxygen atoms in total. The Labute approximate surface area is 157 Å². The zero-order valence-corrected chi connectivity index (χ0v) is 15.7. The Balaban J connectivity index is 1.61. The van der Waals surface area contributed by atoms with Crippen LogP contribution in [0.5, 0.6) is 0 Å². The Morgan fingerprint density at radius 2 is 2.11 bits per heavy atom. The summed E-state index contributed by atoms with van der Waals surface area (Å²) in [6.07, 6.45) is 9.40. The summed E-state index contributed by atoms with van der Waals surface area (Å²) >= 11 is 0. The molecule has 0 aliphatic carbocycles. The fourth-order valence-electron chi connectivity index (χ4n) is 2.89. The van der Waals surface area contributed by atoms with Crippen molar-refractivity contribution < 1.29 is 0 Å². The number of aryl methyl sites for hydroxylation is 1. The van der Waals surface area contributed by atoms with E-state index in [0.29, 0.717) is 11.9 Å². The highest BCUT2D eigenvalue weighted by Gasteiger charge is 2.11. The predicted octanol–water partition coefficient (Wildman–Crippen LogP) is 3.25. The minimum atomic E-state index is 0.527. The largest absolute Gasteiger partial charge is 0.321 e. The summed E-state index contributed by atoms with van der Waals surface area (Å²) in [6.45, 7) is 4.42. The molecule has 1 N–H and O–H groups in total. The summed E-state index contributed by atoms with van der Waals surface area (Å²) in [5.41, 5.74) is 3.47. The van der Waals surface area contributed by atoms with Crippen LogP contribution in [0.15, 0.2) is 43.0 Å². The molecule has 0 spiro atoms. The van der Waals surface area contributed by atoms with Crippen LogP contribution >= 0.6 is 0 Å². The van der Waals surface area contributed by atoms with Crippen molar-refractivity contribution in [3.63, 3.8) is 0 Å². The topological polar surface area (TPSA) is 85.8 Å². The molecule has 4 heterocycles. The summed E-state index contributed by atoms with van der Waals surface area (Å²) < 4.78 is 3.77. The molecular weight excluding hydrogens is 340 g/mol. The summed E-state index contributed by atoms with van der Waals surface area (Å²) in [4.78, 5) is 8.89. The molecule has 0 aliphatic heterocycles. The van der Waals surface area contributed by atoms with E-state index in [1.807, 2.05) is 42.0 Å². The van der Waals surface area contributed by atoms with Gasteiger partial charge in [0.25, 0.3) is 0 Å². The molecule has 1 atom stereocenters. The summed E-state index contributed by atoms with van der Waals surface area (Å²) in [7, 11) is 1.87. The van der Waals surface area contributed by atoms with E-state index in [1.165, 1.54) is 0 Å². The highest BCUT2D eigenvalue weighted by molar-refractivity contribution is 5.65. The van der Waals surface area contributed by atoms with E-state index in [4.69, 9.17) is 0 Å². The van der Waals surface area contributed by atoms with Gasteiger partial charge in [-0.15, -0.1) is 10.2 Å². The first-order valence-corrected chi connectivity index (χ1v) is 9.05. The second-order valence-corrected chi connectivity index (χ2v) is 6.77. The lowest BCUT2D eigenvalue weighted by Gasteiger charge is -2.07. The van der Waals surface area contributed by atoms with Crippen LogP contribution in [0.1, 0.15) is 26.1 Å². The highest BCUT2D eigenvalue weighted by atomic mass is 15.3. The SMILES string of the molecule is CCC(C)Cc1nnc2cc(-c3ccnc(Nc4cnn(C)c4)n3)ccn12. The molecule has 0 bridgehead atoms. The fraction of sp³-hybridized carbons (Fsp3) is 0.316. The number of anilines is 2. The Kier molecular flexibility index (Phi) is 4.53. The number of aromatic nitrogens is 7. The molecule has 4 aromatic rings. The van der Waals surface area contributed by atoms with Crippen molar-refractivity contribution in [3.8, 4) is 11.3 Å². The van der Waals surface area contributed by atoms with E-state index in [2.05, 4.69) is 44.4 Å². The van der Waals surface area contributed by atoms with Crippen LogP contribution in [0.25, 0.3) is 16.9 Å². The average Bonchev–Trinajstić information content (AvgIpc) is 3.27. The van der Waals surface area contributed by atoms with Gasteiger partial charge in [0.1, 0.15) is 5.82 Å². The lowest BCUT2D eigenvalue weighted by Crippen LogP contribution is -2.03. The van der Waals surface area contributed by atoms with Crippen molar-refractivity contribution in [2.45, 2.75) is 26.7 Å². The molecule has 0 saturated heterocycles. The van der Waals surface area contributed by atoms with Crippen LogP contribution < -0.4 is 5.32 Å². The van der Waals surface area contributed by atoms with Gasteiger partial charge < -0.3 is 5.32 Å². The Hall–Kier alpha value is -3.29. The molecule has 0 aromatic carbocycles. The molecule has 4 rings (SSSR count). The lowest BCUT2D eigenvalue weighted by molar-refractivity contribution is 0.540. The van der Waals surface area contributed by atoms with Crippen LogP contribution in [-0.2, 0) is 13.5 Å². The van der Waals surface area contributed by atoms with Gasteiger partial charge in [0.2, 0.25) is 5.95 Å². The van der Waals surface area contributed by atoms with Gasteiger partial charge in [-0.2, -0.15) is 5.10 Å². The minimum absolute atomic E-state index is 0.527. The van der Waals surface area contributed by atoms with E-state index in [1.54, 1.807) is 17.1 Å². The molecule has 8 heteroatoms. The smallest absolute Gasteiger partial charge is 0.227 e. The van der Waals surface area contributed by atoms with Crippen molar-refractivity contribution in [2.75, 3.05) is 5.32 Å². The normalized spacial score (nSPS) is 12.4. The molecular formula is C19H22N8. The first-order chi connectivity index (χ1) is 13.1. The van der Waals surface area contributed by atoms with Gasteiger partial charge in [-0.3, -0.25) is 9.08 Å². The van der Waals surface area contributed by atoms with Gasteiger partial charge in [-0.1, -0.05) is 20.3 Å². The molecule has 0 saturated carbocycles. The lowest BCUT2D eigenvalue weighted by atomic mass is 10.1. The maximum atomic E-state index is 4.61. The van der Waals surface area contributed by atoms with Crippen LogP contribution in [0.3, 0.4) is 0 Å². The quantitative estimate of drug-likeness (QED) is 0.567. The van der Waals surface area contributed by atoms with Crippen LogP contribution in [0, 0.1) is 5.92 Å². The third-order valence-electron chi connectivity index (χ3n) is 4.62. The Morgan fingerprint density at radius 3 is 2.89 bits per heavy atom. The number of fused-ring (bicyclic) bond motifs is 1. The van der Waals surface area contributed by atoms with E-state index in [-0.39, 0.29) is 0 Å². The van der Waals surface area contributed by atoms with Crippen molar-refractivity contribution in [1.29, 1.82) is 0 Å². The first-order valence-electron chi connectivity index (χ1n) is 9.05. The van der Waals surface area contributed by atoms with E-state index >= 15 is 0 Å². The zero-order valence-electron chi connectivity index (χ0n) is 15.7. The maximum absolute atomic E-state index is 4.61. The fourth-order valence-corrected chi connectivity index (χ4v) is 2.89. The third kappa shape index (κ3) is 3.64. The molecule has 138 valence electrons. The number of nitrogens with one attached hydrogen (secondary N) is 1. The zero-order chi connectivity index (χ0) is 18.8. The highest BCUT2D eigenvalue weighted by Crippen LogP contribution is 2.21. The number of nitrogens with zero attached hydrogens (tertiary/aromatic N) is 7. The second kappa shape index (κ2) is 7.14. The monoisotopic (exact) mass is 362 g/mol. The summed E-state index contributed by atoms with van der Waals surface area (Å²) in [6, 6.07) is 5.92. The molecule has 4 aromatic heterocycles. The van der Waals surface area contributed by atoms with Crippen molar-refractivity contribution in [1.82, 2.24) is 34.3 Å². The molecule has 0 radical (unpaired) electrons. The Morgan fingerprint density at radius 1 is 1.22 bits per heavy atom. The van der Waals surface area contributed by atoms with Crippen molar-refractivity contribution >= 4 is 17.3 Å². The minimum Gasteiger partial charge on any atom is -0.321 e. The predicted molar refractivity (Wildman–Crippen MR) is 104 cm³/mol. The molecule has 1 unspecified atom stereocenters. The third-order valence-corrected chi connectivity index (χ3v) is 4.62. The van der Waals surface area contributed by atoms with Gasteiger partial charge in [0.05, 0.1) is 17.6 Å². The van der Waals surface area contributed by atoms with Crippen LogP contribution in [0.2, 0.25) is 0 Å². The van der Waals surface area contributed by atoms with Gasteiger partial charge in [0.15, 0.2) is 5.65 Å². The number of pyridine rings is 1. The van der Waals surface area contributed by atoms with Crippen molar-refractivity contribution in [3.05, 3.63) is 48.8 Å².